The number of esters is 1. The summed E-state index contributed by atoms with van der Waals surface area (Å²) in [5.41, 5.74) is 8.48. The lowest BCUT2D eigenvalue weighted by molar-refractivity contribution is 0.0379. The van der Waals surface area contributed by atoms with Crippen LogP contribution in [-0.4, -0.2) is 17.9 Å². The molecule has 0 radical (unpaired) electrons. The topological polar surface area (TPSA) is 81.4 Å². The monoisotopic (exact) mass is 312 g/mol. The SMILES string of the molecule is CC(=O)c1cccc(Nc2ccc(N)cc2C(=O)OC(C)C)c1. The number of ether oxygens (including phenoxy) is 1. The van der Waals surface area contributed by atoms with Gasteiger partial charge in [0.15, 0.2) is 5.78 Å². The van der Waals surface area contributed by atoms with Crippen molar-refractivity contribution in [1.29, 1.82) is 0 Å². The number of rotatable bonds is 5. The van der Waals surface area contributed by atoms with Gasteiger partial charge in [-0.3, -0.25) is 4.79 Å². The average molecular weight is 312 g/mol. The van der Waals surface area contributed by atoms with Crippen LogP contribution in [0.4, 0.5) is 17.1 Å². The molecule has 2 aromatic carbocycles. The minimum absolute atomic E-state index is 0.0228. The van der Waals surface area contributed by atoms with Gasteiger partial charge in [-0.2, -0.15) is 0 Å². The molecule has 0 aliphatic heterocycles. The number of nitrogens with one attached hydrogen (secondary N) is 1. The van der Waals surface area contributed by atoms with Gasteiger partial charge < -0.3 is 15.8 Å². The zero-order valence-corrected chi connectivity index (χ0v) is 13.4. The molecule has 0 bridgehead atoms. The van der Waals surface area contributed by atoms with Crippen LogP contribution in [0.15, 0.2) is 42.5 Å². The van der Waals surface area contributed by atoms with Crippen molar-refractivity contribution in [3.05, 3.63) is 53.6 Å². The van der Waals surface area contributed by atoms with E-state index in [0.717, 1.165) is 0 Å². The number of benzene rings is 2. The van der Waals surface area contributed by atoms with Gasteiger partial charge >= 0.3 is 5.97 Å². The Balaban J connectivity index is 2.34. The standard InChI is InChI=1S/C18H20N2O3/c1-11(2)23-18(22)16-10-14(19)7-8-17(16)20-15-6-4-5-13(9-15)12(3)21/h4-11,20H,19H2,1-3H3. The van der Waals surface area contributed by atoms with E-state index in [2.05, 4.69) is 5.32 Å². The van der Waals surface area contributed by atoms with Crippen molar-refractivity contribution in [1.82, 2.24) is 0 Å². The van der Waals surface area contributed by atoms with Crippen LogP contribution in [0.3, 0.4) is 0 Å². The quantitative estimate of drug-likeness (QED) is 0.499. The van der Waals surface area contributed by atoms with E-state index < -0.39 is 5.97 Å². The summed E-state index contributed by atoms with van der Waals surface area (Å²) in [6.45, 7) is 5.08. The maximum absolute atomic E-state index is 12.2. The molecule has 0 aliphatic carbocycles. The summed E-state index contributed by atoms with van der Waals surface area (Å²) in [6, 6.07) is 12.1. The molecule has 0 fully saturated rings. The lowest BCUT2D eigenvalue weighted by Gasteiger charge is -2.14. The van der Waals surface area contributed by atoms with Gasteiger partial charge in [0.05, 0.1) is 17.4 Å². The second-order valence-electron chi connectivity index (χ2n) is 5.52. The van der Waals surface area contributed by atoms with Gasteiger partial charge in [0, 0.05) is 16.9 Å². The molecule has 23 heavy (non-hydrogen) atoms. The Labute approximate surface area is 135 Å². The summed E-state index contributed by atoms with van der Waals surface area (Å²) >= 11 is 0. The van der Waals surface area contributed by atoms with Crippen molar-refractivity contribution >= 4 is 28.8 Å². The Hall–Kier alpha value is -2.82. The molecule has 5 nitrogen and oxygen atoms in total. The fourth-order valence-electron chi connectivity index (χ4n) is 2.09. The summed E-state index contributed by atoms with van der Waals surface area (Å²) in [5.74, 6) is -0.470. The van der Waals surface area contributed by atoms with Gasteiger partial charge in [0.25, 0.3) is 0 Å². The second kappa shape index (κ2) is 6.96. The molecular formula is C18H20N2O3. The molecule has 0 atom stereocenters. The van der Waals surface area contributed by atoms with E-state index in [-0.39, 0.29) is 11.9 Å². The number of Topliss-reactive ketones (excluding diaryl/α,β-unsaturated/α-hetero) is 1. The highest BCUT2D eigenvalue weighted by molar-refractivity contribution is 5.98. The third-order valence-corrected chi connectivity index (χ3v) is 3.15. The molecule has 0 heterocycles. The highest BCUT2D eigenvalue weighted by atomic mass is 16.5. The molecule has 2 rings (SSSR count). The van der Waals surface area contributed by atoms with Crippen LogP contribution in [0.2, 0.25) is 0 Å². The van der Waals surface area contributed by atoms with E-state index in [1.54, 1.807) is 50.2 Å². The van der Waals surface area contributed by atoms with Crippen LogP contribution < -0.4 is 11.1 Å². The summed E-state index contributed by atoms with van der Waals surface area (Å²) in [6.07, 6.45) is -0.224. The smallest absolute Gasteiger partial charge is 0.340 e. The van der Waals surface area contributed by atoms with E-state index in [1.807, 2.05) is 6.07 Å². The molecule has 5 heteroatoms. The summed E-state index contributed by atoms with van der Waals surface area (Å²) in [4.78, 5) is 23.7. The predicted molar refractivity (Wildman–Crippen MR) is 91.1 cm³/mol. The number of hydrogen-bond acceptors (Lipinski definition) is 5. The van der Waals surface area contributed by atoms with Crippen LogP contribution in [0, 0.1) is 0 Å². The minimum Gasteiger partial charge on any atom is -0.459 e. The molecular weight excluding hydrogens is 292 g/mol. The van der Waals surface area contributed by atoms with Crippen molar-refractivity contribution in [2.45, 2.75) is 26.9 Å². The van der Waals surface area contributed by atoms with Gasteiger partial charge in [0.1, 0.15) is 0 Å². The first-order valence-electron chi connectivity index (χ1n) is 7.35. The van der Waals surface area contributed by atoms with Crippen LogP contribution in [0.25, 0.3) is 0 Å². The van der Waals surface area contributed by atoms with E-state index >= 15 is 0 Å². The van der Waals surface area contributed by atoms with Gasteiger partial charge in [-0.1, -0.05) is 12.1 Å². The Morgan fingerprint density at radius 3 is 2.52 bits per heavy atom. The Kier molecular flexibility index (Phi) is 5.01. The summed E-state index contributed by atoms with van der Waals surface area (Å²) in [5, 5.41) is 3.14. The molecule has 120 valence electrons. The first-order chi connectivity index (χ1) is 10.9. The third kappa shape index (κ3) is 4.32. The van der Waals surface area contributed by atoms with E-state index in [1.165, 1.54) is 6.92 Å². The number of carbonyl (C=O) groups is 2. The average Bonchev–Trinajstić information content (AvgIpc) is 2.48. The summed E-state index contributed by atoms with van der Waals surface area (Å²) in [7, 11) is 0. The Morgan fingerprint density at radius 2 is 1.87 bits per heavy atom. The second-order valence-corrected chi connectivity index (χ2v) is 5.52. The molecule has 0 saturated carbocycles. The highest BCUT2D eigenvalue weighted by Crippen LogP contribution is 2.25. The zero-order chi connectivity index (χ0) is 17.0. The number of nitrogen functional groups attached to an aromatic ring is 1. The molecule has 0 aliphatic rings. The minimum atomic E-state index is -0.447. The maximum Gasteiger partial charge on any atom is 0.340 e. The first-order valence-corrected chi connectivity index (χ1v) is 7.35. The molecule has 0 saturated heterocycles. The van der Waals surface area contributed by atoms with Gasteiger partial charge in [0.2, 0.25) is 0 Å². The van der Waals surface area contributed by atoms with Crippen LogP contribution in [0.1, 0.15) is 41.5 Å². The molecule has 0 aromatic heterocycles. The van der Waals surface area contributed by atoms with Crippen molar-refractivity contribution in [2.75, 3.05) is 11.1 Å². The molecule has 0 spiro atoms. The summed E-state index contributed by atoms with van der Waals surface area (Å²) < 4.78 is 5.24. The van der Waals surface area contributed by atoms with Crippen LogP contribution in [-0.2, 0) is 4.74 Å². The fraction of sp³-hybridized carbons (Fsp3) is 0.222. The van der Waals surface area contributed by atoms with E-state index in [4.69, 9.17) is 10.5 Å². The number of ketones is 1. The number of hydrogen-bond donors (Lipinski definition) is 2. The van der Waals surface area contributed by atoms with E-state index in [9.17, 15) is 9.59 Å². The lowest BCUT2D eigenvalue weighted by atomic mass is 10.1. The largest absolute Gasteiger partial charge is 0.459 e. The third-order valence-electron chi connectivity index (χ3n) is 3.15. The molecule has 3 N–H and O–H groups in total. The van der Waals surface area contributed by atoms with Crippen molar-refractivity contribution in [3.63, 3.8) is 0 Å². The van der Waals surface area contributed by atoms with Gasteiger partial charge in [-0.15, -0.1) is 0 Å². The number of carbonyl (C=O) groups excluding carboxylic acids is 2. The van der Waals surface area contributed by atoms with Crippen molar-refractivity contribution in [3.8, 4) is 0 Å². The van der Waals surface area contributed by atoms with Crippen LogP contribution >= 0.6 is 0 Å². The molecule has 2 aromatic rings. The molecule has 0 amide bonds. The van der Waals surface area contributed by atoms with Gasteiger partial charge in [-0.25, -0.2) is 4.79 Å². The van der Waals surface area contributed by atoms with Crippen molar-refractivity contribution in [2.24, 2.45) is 0 Å². The zero-order valence-electron chi connectivity index (χ0n) is 13.4. The Bertz CT molecular complexity index is 739. The van der Waals surface area contributed by atoms with E-state index in [0.29, 0.717) is 28.2 Å². The molecule has 0 unspecified atom stereocenters. The number of anilines is 3. The van der Waals surface area contributed by atoms with Crippen LogP contribution in [0.5, 0.6) is 0 Å². The normalized spacial score (nSPS) is 10.4. The first kappa shape index (κ1) is 16.5. The fourth-order valence-corrected chi connectivity index (χ4v) is 2.09. The highest BCUT2D eigenvalue weighted by Gasteiger charge is 2.15. The predicted octanol–water partition coefficient (Wildman–Crippen LogP) is 3.78. The van der Waals surface area contributed by atoms with Crippen molar-refractivity contribution < 1.29 is 14.3 Å². The van der Waals surface area contributed by atoms with Gasteiger partial charge in [-0.05, 0) is 51.1 Å². The Morgan fingerprint density at radius 1 is 1.13 bits per heavy atom. The maximum atomic E-state index is 12.2. The number of nitrogens with two attached hydrogens (primary N) is 1. The lowest BCUT2D eigenvalue weighted by Crippen LogP contribution is -2.13.